The van der Waals surface area contributed by atoms with E-state index in [2.05, 4.69) is 12.6 Å². The Morgan fingerprint density at radius 2 is 1.94 bits per heavy atom. The van der Waals surface area contributed by atoms with Crippen LogP contribution in [0.4, 0.5) is 5.69 Å². The van der Waals surface area contributed by atoms with Gasteiger partial charge in [0.2, 0.25) is 0 Å². The number of nitriles is 1. The molecule has 3 aromatic rings. The molecule has 0 aromatic heterocycles. The van der Waals surface area contributed by atoms with Gasteiger partial charge in [-0.15, -0.1) is 6.58 Å². The highest BCUT2D eigenvalue weighted by molar-refractivity contribution is 5.90. The number of rotatable bonds is 9. The van der Waals surface area contributed by atoms with Gasteiger partial charge >= 0.3 is 0 Å². The Balaban J connectivity index is 2.00. The predicted molar refractivity (Wildman–Crippen MR) is 124 cm³/mol. The third-order valence-electron chi connectivity index (χ3n) is 4.76. The summed E-state index contributed by atoms with van der Waals surface area (Å²) in [5.41, 5.74) is 3.30. The molecule has 0 unspecified atom stereocenters. The molecule has 32 heavy (non-hydrogen) atoms. The van der Waals surface area contributed by atoms with Crippen molar-refractivity contribution in [3.63, 3.8) is 0 Å². The van der Waals surface area contributed by atoms with E-state index in [9.17, 15) is 15.4 Å². The monoisotopic (exact) mass is 426 g/mol. The molecule has 0 aliphatic heterocycles. The molecule has 0 atom stereocenters. The van der Waals surface area contributed by atoms with Crippen molar-refractivity contribution in [3.05, 3.63) is 112 Å². The average Bonchev–Trinajstić information content (AvgIpc) is 2.82. The Kier molecular flexibility index (Phi) is 7.39. The van der Waals surface area contributed by atoms with Crippen LogP contribution in [0, 0.1) is 21.4 Å². The van der Waals surface area contributed by atoms with Gasteiger partial charge in [0.25, 0.3) is 5.69 Å². The summed E-state index contributed by atoms with van der Waals surface area (Å²) in [6.45, 7) is 4.21. The van der Waals surface area contributed by atoms with Crippen LogP contribution in [0.5, 0.6) is 11.5 Å². The lowest BCUT2D eigenvalue weighted by Crippen LogP contribution is -2.01. The standard InChI is InChI=1S/C26H22N2O4/c1-3-8-22-13-20(14-23(17-27)21-11-7-12-24(16-21)28(29)30)15-25(31-2)26(22)32-18-19-9-5-4-6-10-19/h3-7,9-16H,1,8,18H2,2H3/b23-14-. The zero-order valence-electron chi connectivity index (χ0n) is 17.7. The number of ether oxygens (including phenoxy) is 2. The number of methoxy groups -OCH3 is 1. The lowest BCUT2D eigenvalue weighted by atomic mass is 10.0. The lowest BCUT2D eigenvalue weighted by molar-refractivity contribution is -0.384. The fourth-order valence-electron chi connectivity index (χ4n) is 3.25. The number of non-ortho nitro benzene ring substituents is 1. The number of nitro groups is 1. The van der Waals surface area contributed by atoms with Gasteiger partial charge in [0.1, 0.15) is 6.61 Å². The van der Waals surface area contributed by atoms with Crippen molar-refractivity contribution >= 4 is 17.3 Å². The number of benzene rings is 3. The number of hydrogen-bond donors (Lipinski definition) is 0. The summed E-state index contributed by atoms with van der Waals surface area (Å²) in [6, 6.07) is 21.6. The summed E-state index contributed by atoms with van der Waals surface area (Å²) in [7, 11) is 1.56. The largest absolute Gasteiger partial charge is 0.493 e. The average molecular weight is 426 g/mol. The van der Waals surface area contributed by atoms with Crippen LogP contribution in [0.2, 0.25) is 0 Å². The maximum absolute atomic E-state index is 11.1. The highest BCUT2D eigenvalue weighted by Gasteiger charge is 2.14. The maximum Gasteiger partial charge on any atom is 0.270 e. The molecule has 0 bridgehead atoms. The topological polar surface area (TPSA) is 85.4 Å². The van der Waals surface area contributed by atoms with Gasteiger partial charge in [0, 0.05) is 17.7 Å². The molecule has 0 aliphatic carbocycles. The van der Waals surface area contributed by atoms with E-state index >= 15 is 0 Å². The Morgan fingerprint density at radius 1 is 1.16 bits per heavy atom. The number of nitrogens with zero attached hydrogens (tertiary/aromatic N) is 2. The predicted octanol–water partition coefficient (Wildman–Crippen LogP) is 5.98. The minimum absolute atomic E-state index is 0.0711. The van der Waals surface area contributed by atoms with Crippen molar-refractivity contribution in [2.75, 3.05) is 7.11 Å². The first-order valence-corrected chi connectivity index (χ1v) is 9.91. The van der Waals surface area contributed by atoms with Gasteiger partial charge < -0.3 is 9.47 Å². The van der Waals surface area contributed by atoms with E-state index in [0.717, 1.165) is 11.1 Å². The fourth-order valence-corrected chi connectivity index (χ4v) is 3.25. The first-order valence-electron chi connectivity index (χ1n) is 9.91. The van der Waals surface area contributed by atoms with Crippen LogP contribution in [-0.2, 0) is 13.0 Å². The van der Waals surface area contributed by atoms with E-state index in [1.165, 1.54) is 12.1 Å². The van der Waals surface area contributed by atoms with Crippen LogP contribution >= 0.6 is 0 Å². The van der Waals surface area contributed by atoms with Gasteiger partial charge in [-0.25, -0.2) is 0 Å². The smallest absolute Gasteiger partial charge is 0.270 e. The number of nitro benzene ring substituents is 1. The Morgan fingerprint density at radius 3 is 2.59 bits per heavy atom. The summed E-state index contributed by atoms with van der Waals surface area (Å²) < 4.78 is 11.6. The van der Waals surface area contributed by atoms with Crippen molar-refractivity contribution in [1.82, 2.24) is 0 Å². The molecule has 0 N–H and O–H groups in total. The lowest BCUT2D eigenvalue weighted by Gasteiger charge is -2.16. The molecule has 3 rings (SSSR count). The van der Waals surface area contributed by atoms with Gasteiger partial charge in [-0.3, -0.25) is 10.1 Å². The molecule has 0 aliphatic rings. The normalized spacial score (nSPS) is 10.8. The van der Waals surface area contributed by atoms with E-state index in [1.54, 1.807) is 37.5 Å². The summed E-state index contributed by atoms with van der Waals surface area (Å²) in [5.74, 6) is 1.14. The van der Waals surface area contributed by atoms with Gasteiger partial charge in [-0.2, -0.15) is 5.26 Å². The SMILES string of the molecule is C=CCc1cc(/C=C(/C#N)c2cccc([N+](=O)[O-])c2)cc(OC)c1OCc1ccccc1. The summed E-state index contributed by atoms with van der Waals surface area (Å²) >= 11 is 0. The highest BCUT2D eigenvalue weighted by atomic mass is 16.6. The second kappa shape index (κ2) is 10.6. The molecular formula is C26H22N2O4. The van der Waals surface area contributed by atoms with Crippen LogP contribution in [0.3, 0.4) is 0 Å². The third kappa shape index (κ3) is 5.41. The van der Waals surface area contributed by atoms with E-state index < -0.39 is 4.92 Å². The van der Waals surface area contributed by atoms with Crippen LogP contribution in [0.25, 0.3) is 11.6 Å². The molecule has 0 radical (unpaired) electrons. The van der Waals surface area contributed by atoms with Gasteiger partial charge in [0.15, 0.2) is 11.5 Å². The van der Waals surface area contributed by atoms with E-state index in [4.69, 9.17) is 9.47 Å². The van der Waals surface area contributed by atoms with E-state index in [-0.39, 0.29) is 5.69 Å². The quantitative estimate of drug-likeness (QED) is 0.138. The molecule has 0 spiro atoms. The first kappa shape index (κ1) is 22.3. The molecule has 160 valence electrons. The molecule has 0 saturated heterocycles. The Labute approximate surface area is 186 Å². The maximum atomic E-state index is 11.1. The molecular weight excluding hydrogens is 404 g/mol. The van der Waals surface area contributed by atoms with Gasteiger partial charge in [0.05, 0.1) is 23.7 Å². The third-order valence-corrected chi connectivity index (χ3v) is 4.76. The molecule has 0 amide bonds. The molecule has 0 saturated carbocycles. The van der Waals surface area contributed by atoms with Crippen LogP contribution in [-0.4, -0.2) is 12.0 Å². The molecule has 6 heteroatoms. The molecule has 0 heterocycles. The van der Waals surface area contributed by atoms with Crippen LogP contribution < -0.4 is 9.47 Å². The number of hydrogen-bond acceptors (Lipinski definition) is 5. The Hall–Kier alpha value is -4.37. The number of allylic oxidation sites excluding steroid dienone is 2. The summed E-state index contributed by atoms with van der Waals surface area (Å²) in [6.07, 6.45) is 3.99. The summed E-state index contributed by atoms with van der Waals surface area (Å²) in [4.78, 5) is 10.6. The van der Waals surface area contributed by atoms with Crippen molar-refractivity contribution in [1.29, 1.82) is 5.26 Å². The zero-order valence-corrected chi connectivity index (χ0v) is 17.7. The van der Waals surface area contributed by atoms with Crippen LogP contribution in [0.1, 0.15) is 22.3 Å². The van der Waals surface area contributed by atoms with Crippen molar-refractivity contribution in [3.8, 4) is 17.6 Å². The van der Waals surface area contributed by atoms with E-state index in [1.807, 2.05) is 36.4 Å². The van der Waals surface area contributed by atoms with Crippen molar-refractivity contribution in [2.45, 2.75) is 13.0 Å². The second-order valence-corrected chi connectivity index (χ2v) is 6.96. The Bertz CT molecular complexity index is 1190. The first-order chi connectivity index (χ1) is 15.5. The molecule has 0 fully saturated rings. The zero-order chi connectivity index (χ0) is 22.9. The summed E-state index contributed by atoms with van der Waals surface area (Å²) in [5, 5.41) is 20.8. The molecule has 6 nitrogen and oxygen atoms in total. The van der Waals surface area contributed by atoms with Crippen molar-refractivity contribution in [2.24, 2.45) is 0 Å². The van der Waals surface area contributed by atoms with E-state index in [0.29, 0.717) is 41.2 Å². The second-order valence-electron chi connectivity index (χ2n) is 6.96. The molecule has 3 aromatic carbocycles. The van der Waals surface area contributed by atoms with Crippen molar-refractivity contribution < 1.29 is 14.4 Å². The van der Waals surface area contributed by atoms with Gasteiger partial charge in [-0.1, -0.05) is 48.5 Å². The minimum Gasteiger partial charge on any atom is -0.493 e. The van der Waals surface area contributed by atoms with Crippen LogP contribution in [0.15, 0.2) is 79.4 Å². The fraction of sp³-hybridized carbons (Fsp3) is 0.115. The minimum atomic E-state index is -0.484. The highest BCUT2D eigenvalue weighted by Crippen LogP contribution is 2.35. The van der Waals surface area contributed by atoms with Gasteiger partial charge in [-0.05, 0) is 41.3 Å².